The van der Waals surface area contributed by atoms with Crippen LogP contribution in [0.25, 0.3) is 16.7 Å². The average Bonchev–Trinajstić information content (AvgIpc) is 3.52. The highest BCUT2D eigenvalue weighted by Crippen LogP contribution is 2.34. The maximum atomic E-state index is 14.0. The van der Waals surface area contributed by atoms with Crippen molar-refractivity contribution in [2.45, 2.75) is 18.9 Å². The number of aromatic amines is 1. The smallest absolute Gasteiger partial charge is 0.256 e. The number of ether oxygens (including phenoxy) is 1. The quantitative estimate of drug-likeness (QED) is 0.562. The minimum atomic E-state index is -0.485. The number of imidazole rings is 1. The molecule has 1 aliphatic heterocycles. The highest BCUT2D eigenvalue weighted by molar-refractivity contribution is 5.98. The third-order valence-corrected chi connectivity index (χ3v) is 5.36. The summed E-state index contributed by atoms with van der Waals surface area (Å²) in [6.45, 7) is 0.562. The second-order valence-corrected chi connectivity index (χ2v) is 7.14. The number of carbonyl (C=O) groups is 1. The number of methoxy groups -OCH3 is 1. The number of hydrogen-bond donors (Lipinski definition) is 1. The van der Waals surface area contributed by atoms with Crippen molar-refractivity contribution in [1.82, 2.24) is 29.9 Å². The monoisotopic (exact) mass is 406 g/mol. The van der Waals surface area contributed by atoms with E-state index in [4.69, 9.17) is 4.74 Å². The number of halogens is 1. The standard InChI is InChI=1S/C21H19FN6O2/c1-30-14-5-6-16-17(12-14)26-20(25-16)19-3-2-10-27(19)21(29)15-11-13(22)4-7-18(15)28-23-8-9-24-28/h4-9,11-12,19H,2-3,10H2,1H3,(H,25,26)/t19-/m0/s1. The van der Waals surface area contributed by atoms with Crippen molar-refractivity contribution >= 4 is 16.9 Å². The molecule has 0 radical (unpaired) electrons. The van der Waals surface area contributed by atoms with Crippen LogP contribution < -0.4 is 4.74 Å². The molecule has 5 rings (SSSR count). The van der Waals surface area contributed by atoms with Crippen molar-refractivity contribution in [2.75, 3.05) is 13.7 Å². The third-order valence-electron chi connectivity index (χ3n) is 5.36. The Bertz CT molecular complexity index is 1220. The number of likely N-dealkylation sites (tertiary alicyclic amines) is 1. The molecule has 1 aliphatic rings. The largest absolute Gasteiger partial charge is 0.497 e. The van der Waals surface area contributed by atoms with Crippen LogP contribution in [0.3, 0.4) is 0 Å². The second-order valence-electron chi connectivity index (χ2n) is 7.14. The van der Waals surface area contributed by atoms with Crippen molar-refractivity contribution in [3.05, 3.63) is 66.0 Å². The van der Waals surface area contributed by atoms with E-state index in [1.807, 2.05) is 18.2 Å². The lowest BCUT2D eigenvalue weighted by Gasteiger charge is -2.24. The average molecular weight is 406 g/mol. The van der Waals surface area contributed by atoms with Gasteiger partial charge in [0.15, 0.2) is 0 Å². The number of nitrogens with zero attached hydrogens (tertiary/aromatic N) is 5. The van der Waals surface area contributed by atoms with E-state index in [0.717, 1.165) is 29.6 Å². The van der Waals surface area contributed by atoms with Gasteiger partial charge in [-0.25, -0.2) is 9.37 Å². The van der Waals surface area contributed by atoms with Gasteiger partial charge in [-0.05, 0) is 43.2 Å². The first-order valence-electron chi connectivity index (χ1n) is 9.65. The highest BCUT2D eigenvalue weighted by Gasteiger charge is 2.34. The van der Waals surface area contributed by atoms with Crippen LogP contribution in [0, 0.1) is 5.82 Å². The number of hydrogen-bond acceptors (Lipinski definition) is 5. The molecule has 1 amide bonds. The number of carbonyl (C=O) groups excluding carboxylic acids is 1. The zero-order valence-electron chi connectivity index (χ0n) is 16.2. The molecule has 30 heavy (non-hydrogen) atoms. The summed E-state index contributed by atoms with van der Waals surface area (Å²) >= 11 is 0. The molecule has 9 heteroatoms. The van der Waals surface area contributed by atoms with Gasteiger partial charge < -0.3 is 14.6 Å². The van der Waals surface area contributed by atoms with Gasteiger partial charge in [0.1, 0.15) is 17.4 Å². The van der Waals surface area contributed by atoms with E-state index < -0.39 is 5.82 Å². The fraction of sp³-hybridized carbons (Fsp3) is 0.238. The van der Waals surface area contributed by atoms with E-state index in [1.54, 1.807) is 12.0 Å². The van der Waals surface area contributed by atoms with Crippen molar-refractivity contribution in [2.24, 2.45) is 0 Å². The minimum absolute atomic E-state index is 0.218. The van der Waals surface area contributed by atoms with E-state index in [1.165, 1.54) is 35.4 Å². The fourth-order valence-electron chi connectivity index (χ4n) is 3.94. The molecule has 0 aliphatic carbocycles. The first kappa shape index (κ1) is 18.3. The van der Waals surface area contributed by atoms with E-state index in [2.05, 4.69) is 20.2 Å². The fourth-order valence-corrected chi connectivity index (χ4v) is 3.94. The Kier molecular flexibility index (Phi) is 4.42. The molecule has 152 valence electrons. The maximum absolute atomic E-state index is 14.0. The molecule has 0 saturated carbocycles. The van der Waals surface area contributed by atoms with Crippen LogP contribution in [0.4, 0.5) is 4.39 Å². The van der Waals surface area contributed by atoms with Crippen LogP contribution in [-0.2, 0) is 0 Å². The molecule has 0 bridgehead atoms. The lowest BCUT2D eigenvalue weighted by atomic mass is 10.1. The van der Waals surface area contributed by atoms with Crippen molar-refractivity contribution in [3.8, 4) is 11.4 Å². The van der Waals surface area contributed by atoms with Crippen LogP contribution in [0.2, 0.25) is 0 Å². The van der Waals surface area contributed by atoms with Crippen LogP contribution in [0.1, 0.15) is 35.1 Å². The van der Waals surface area contributed by atoms with E-state index in [0.29, 0.717) is 18.1 Å². The number of amides is 1. The molecule has 2 aromatic carbocycles. The molecule has 2 aromatic heterocycles. The third kappa shape index (κ3) is 3.08. The SMILES string of the molecule is COc1ccc2nc([C@@H]3CCCN3C(=O)c3cc(F)ccc3-n3nccn3)[nH]c2c1. The van der Waals surface area contributed by atoms with E-state index in [-0.39, 0.29) is 17.5 Å². The molecule has 1 atom stereocenters. The van der Waals surface area contributed by atoms with Gasteiger partial charge in [0.25, 0.3) is 5.91 Å². The molecule has 1 N–H and O–H groups in total. The molecule has 0 unspecified atom stereocenters. The van der Waals surface area contributed by atoms with Crippen LogP contribution >= 0.6 is 0 Å². The van der Waals surface area contributed by atoms with E-state index >= 15 is 0 Å². The molecule has 0 spiro atoms. The molecule has 1 fully saturated rings. The Balaban J connectivity index is 1.51. The van der Waals surface area contributed by atoms with Gasteiger partial charge in [0, 0.05) is 12.6 Å². The number of aromatic nitrogens is 5. The maximum Gasteiger partial charge on any atom is 0.256 e. The molecule has 3 heterocycles. The number of rotatable bonds is 4. The second kappa shape index (κ2) is 7.25. The lowest BCUT2D eigenvalue weighted by Crippen LogP contribution is -2.32. The number of benzene rings is 2. The van der Waals surface area contributed by atoms with Crippen LogP contribution in [0.5, 0.6) is 5.75 Å². The predicted molar refractivity (Wildman–Crippen MR) is 107 cm³/mol. The Hall–Kier alpha value is -3.75. The number of H-pyrrole nitrogens is 1. The summed E-state index contributed by atoms with van der Waals surface area (Å²) in [5, 5.41) is 8.18. The van der Waals surface area contributed by atoms with E-state index in [9.17, 15) is 9.18 Å². The van der Waals surface area contributed by atoms with Gasteiger partial charge in [-0.15, -0.1) is 0 Å². The molecule has 4 aromatic rings. The normalized spacial score (nSPS) is 16.3. The van der Waals surface area contributed by atoms with Crippen molar-refractivity contribution in [3.63, 3.8) is 0 Å². The molecule has 1 saturated heterocycles. The summed E-state index contributed by atoms with van der Waals surface area (Å²) in [7, 11) is 1.61. The topological polar surface area (TPSA) is 88.9 Å². The first-order valence-corrected chi connectivity index (χ1v) is 9.65. The summed E-state index contributed by atoms with van der Waals surface area (Å²) in [5.41, 5.74) is 2.30. The Morgan fingerprint density at radius 2 is 2.03 bits per heavy atom. The zero-order chi connectivity index (χ0) is 20.7. The summed E-state index contributed by atoms with van der Waals surface area (Å²) in [6, 6.07) is 9.42. The first-order chi connectivity index (χ1) is 14.6. The predicted octanol–water partition coefficient (Wildman–Crippen LogP) is 3.27. The summed E-state index contributed by atoms with van der Waals surface area (Å²) in [5.74, 6) is 0.677. The summed E-state index contributed by atoms with van der Waals surface area (Å²) in [6.07, 6.45) is 4.63. The van der Waals surface area contributed by atoms with Crippen LogP contribution in [-0.4, -0.2) is 49.4 Å². The highest BCUT2D eigenvalue weighted by atomic mass is 19.1. The summed E-state index contributed by atoms with van der Waals surface area (Å²) < 4.78 is 19.3. The molecular formula is C21H19FN6O2. The Morgan fingerprint density at radius 1 is 1.20 bits per heavy atom. The zero-order valence-corrected chi connectivity index (χ0v) is 16.2. The lowest BCUT2D eigenvalue weighted by molar-refractivity contribution is 0.0729. The Morgan fingerprint density at radius 3 is 2.83 bits per heavy atom. The Labute approximate surface area is 171 Å². The van der Waals surface area contributed by atoms with Crippen molar-refractivity contribution < 1.29 is 13.9 Å². The molecule has 8 nitrogen and oxygen atoms in total. The van der Waals surface area contributed by atoms with Gasteiger partial charge in [-0.3, -0.25) is 4.79 Å². The van der Waals surface area contributed by atoms with Gasteiger partial charge >= 0.3 is 0 Å². The van der Waals surface area contributed by atoms with Gasteiger partial charge in [0.2, 0.25) is 0 Å². The van der Waals surface area contributed by atoms with Gasteiger partial charge in [-0.1, -0.05) is 0 Å². The van der Waals surface area contributed by atoms with Gasteiger partial charge in [0.05, 0.1) is 47.8 Å². The summed E-state index contributed by atoms with van der Waals surface area (Å²) in [4.78, 5) is 24.5. The number of nitrogens with one attached hydrogen (secondary N) is 1. The van der Waals surface area contributed by atoms with Gasteiger partial charge in [-0.2, -0.15) is 15.0 Å². The number of fused-ring (bicyclic) bond motifs is 1. The molecular weight excluding hydrogens is 387 g/mol. The minimum Gasteiger partial charge on any atom is -0.497 e. The van der Waals surface area contributed by atoms with Crippen LogP contribution in [0.15, 0.2) is 48.8 Å². The van der Waals surface area contributed by atoms with Crippen molar-refractivity contribution in [1.29, 1.82) is 0 Å².